The molecule has 2 bridgehead atoms. The lowest BCUT2D eigenvalue weighted by Gasteiger charge is -2.32. The Labute approximate surface area is 207 Å². The molecule has 2 aliphatic heterocycles. The summed E-state index contributed by atoms with van der Waals surface area (Å²) in [4.78, 5) is 28.1. The fourth-order valence-corrected chi connectivity index (χ4v) is 5.87. The minimum absolute atomic E-state index is 0.396. The van der Waals surface area contributed by atoms with Crippen LogP contribution < -0.4 is 10.2 Å². The fourth-order valence-electron chi connectivity index (χ4n) is 4.90. The van der Waals surface area contributed by atoms with Gasteiger partial charge in [-0.3, -0.25) is 9.88 Å². The van der Waals surface area contributed by atoms with E-state index in [0.29, 0.717) is 35.4 Å². The SMILES string of the molecule is Cc1cccnc1-c1nc2cc(Nc3cc(C(C)(C)O)nc(N4C[C@@H]5C[C@H]4CN5C)n3)ncc2s1. The number of thiazole rings is 1. The zero-order valence-electron chi connectivity index (χ0n) is 20.2. The highest BCUT2D eigenvalue weighted by molar-refractivity contribution is 7.21. The minimum atomic E-state index is -1.09. The molecule has 6 rings (SSSR count). The molecule has 0 saturated carbocycles. The third kappa shape index (κ3) is 4.11. The van der Waals surface area contributed by atoms with Gasteiger partial charge in [-0.05, 0) is 45.9 Å². The number of aromatic nitrogens is 5. The second kappa shape index (κ2) is 8.18. The molecule has 0 unspecified atom stereocenters. The molecule has 2 atom stereocenters. The van der Waals surface area contributed by atoms with Crippen LogP contribution in [-0.2, 0) is 5.60 Å². The average Bonchev–Trinajstić information content (AvgIpc) is 3.52. The predicted molar refractivity (Wildman–Crippen MR) is 138 cm³/mol. The summed E-state index contributed by atoms with van der Waals surface area (Å²) < 4.78 is 0.994. The van der Waals surface area contributed by atoms with Crippen molar-refractivity contribution in [3.63, 3.8) is 0 Å². The van der Waals surface area contributed by atoms with Crippen LogP contribution in [0.4, 0.5) is 17.6 Å². The van der Waals surface area contributed by atoms with Gasteiger partial charge in [-0.1, -0.05) is 6.07 Å². The summed E-state index contributed by atoms with van der Waals surface area (Å²) in [5.41, 5.74) is 2.32. The lowest BCUT2D eigenvalue weighted by atomic mass is 10.1. The molecule has 0 aliphatic carbocycles. The van der Waals surface area contributed by atoms with Crippen LogP contribution >= 0.6 is 11.3 Å². The number of aryl methyl sites for hydroxylation is 1. The molecule has 35 heavy (non-hydrogen) atoms. The summed E-state index contributed by atoms with van der Waals surface area (Å²) in [6.07, 6.45) is 4.73. The van der Waals surface area contributed by atoms with Gasteiger partial charge in [0.05, 0.1) is 15.9 Å². The Morgan fingerprint density at radius 1 is 1.09 bits per heavy atom. The molecule has 0 aromatic carbocycles. The van der Waals surface area contributed by atoms with E-state index in [-0.39, 0.29) is 0 Å². The minimum Gasteiger partial charge on any atom is -0.384 e. The van der Waals surface area contributed by atoms with Crippen molar-refractivity contribution in [1.29, 1.82) is 0 Å². The van der Waals surface area contributed by atoms with Crippen LogP contribution in [0.25, 0.3) is 20.9 Å². The van der Waals surface area contributed by atoms with Crippen molar-refractivity contribution in [3.05, 3.63) is 47.9 Å². The summed E-state index contributed by atoms with van der Waals surface area (Å²) in [7, 11) is 2.17. The van der Waals surface area contributed by atoms with Crippen molar-refractivity contribution >= 4 is 39.1 Å². The topological polar surface area (TPSA) is 103 Å². The van der Waals surface area contributed by atoms with Gasteiger partial charge in [-0.15, -0.1) is 11.3 Å². The third-order valence-corrected chi connectivity index (χ3v) is 7.87. The van der Waals surface area contributed by atoms with Gasteiger partial charge in [-0.2, -0.15) is 4.98 Å². The van der Waals surface area contributed by atoms with E-state index in [0.717, 1.165) is 46.0 Å². The largest absolute Gasteiger partial charge is 0.384 e. The maximum atomic E-state index is 10.7. The molecule has 6 heterocycles. The van der Waals surface area contributed by atoms with Gasteiger partial charge in [0.1, 0.15) is 27.9 Å². The number of hydrogen-bond donors (Lipinski definition) is 2. The Bertz CT molecular complexity index is 1410. The lowest BCUT2D eigenvalue weighted by Crippen LogP contribution is -2.45. The number of anilines is 3. The van der Waals surface area contributed by atoms with E-state index in [1.807, 2.05) is 31.3 Å². The number of rotatable bonds is 5. The van der Waals surface area contributed by atoms with Crippen molar-refractivity contribution in [2.45, 2.75) is 44.9 Å². The molecular formula is C25H28N8OS. The Morgan fingerprint density at radius 3 is 2.66 bits per heavy atom. The highest BCUT2D eigenvalue weighted by Gasteiger charge is 2.43. The third-order valence-electron chi connectivity index (χ3n) is 6.86. The normalized spacial score (nSPS) is 20.2. The number of pyridine rings is 2. The number of piperazine rings is 1. The molecular weight excluding hydrogens is 460 g/mol. The Hall–Kier alpha value is -3.21. The first-order valence-corrected chi connectivity index (χ1v) is 12.6. The van der Waals surface area contributed by atoms with Gasteiger partial charge in [0.15, 0.2) is 0 Å². The van der Waals surface area contributed by atoms with Crippen LogP contribution in [0.2, 0.25) is 0 Å². The van der Waals surface area contributed by atoms with Crippen molar-refractivity contribution < 1.29 is 5.11 Å². The van der Waals surface area contributed by atoms with Gasteiger partial charge in [0.2, 0.25) is 5.95 Å². The second-order valence-electron chi connectivity index (χ2n) is 9.98. The van der Waals surface area contributed by atoms with Crippen LogP contribution in [-0.4, -0.2) is 67.1 Å². The molecule has 2 aliphatic rings. The van der Waals surface area contributed by atoms with E-state index >= 15 is 0 Å². The molecule has 2 N–H and O–H groups in total. The highest BCUT2D eigenvalue weighted by Crippen LogP contribution is 2.35. The molecule has 4 aromatic heterocycles. The fraction of sp³-hybridized carbons (Fsp3) is 0.400. The Balaban J connectivity index is 1.33. The zero-order chi connectivity index (χ0) is 24.3. The smallest absolute Gasteiger partial charge is 0.227 e. The zero-order valence-corrected chi connectivity index (χ0v) is 21.0. The van der Waals surface area contributed by atoms with Crippen LogP contribution in [0, 0.1) is 6.92 Å². The molecule has 0 spiro atoms. The Kier molecular flexibility index (Phi) is 5.21. The standard InChI is InChI=1S/C25H28N8OS/c1-14-6-5-7-26-22(14)23-28-17-9-20(27-11-18(17)35-23)30-21-10-19(25(2,3)34)29-24(31-21)33-13-15-8-16(33)12-32(15)4/h5-7,9-11,15-16,34H,8,12-13H2,1-4H3,(H,27,29,30,31)/t15-,16-/m0/s1. The summed E-state index contributed by atoms with van der Waals surface area (Å²) in [6, 6.07) is 8.60. The summed E-state index contributed by atoms with van der Waals surface area (Å²) in [5, 5.41) is 14.9. The number of aliphatic hydroxyl groups is 1. The number of likely N-dealkylation sites (tertiary alicyclic amines) is 1. The van der Waals surface area contributed by atoms with Crippen LogP contribution in [0.1, 0.15) is 31.5 Å². The quantitative estimate of drug-likeness (QED) is 0.435. The lowest BCUT2D eigenvalue weighted by molar-refractivity contribution is 0.0738. The van der Waals surface area contributed by atoms with Gasteiger partial charge in [-0.25, -0.2) is 15.0 Å². The van der Waals surface area contributed by atoms with E-state index in [2.05, 4.69) is 32.1 Å². The van der Waals surface area contributed by atoms with Crippen molar-refractivity contribution in [2.24, 2.45) is 0 Å². The van der Waals surface area contributed by atoms with Gasteiger partial charge < -0.3 is 15.3 Å². The molecule has 4 aromatic rings. The maximum Gasteiger partial charge on any atom is 0.227 e. The summed E-state index contributed by atoms with van der Waals surface area (Å²) >= 11 is 1.58. The van der Waals surface area contributed by atoms with Crippen molar-refractivity contribution in [3.8, 4) is 10.7 Å². The van der Waals surface area contributed by atoms with Gasteiger partial charge in [0, 0.05) is 49.7 Å². The van der Waals surface area contributed by atoms with Crippen molar-refractivity contribution in [2.75, 3.05) is 30.4 Å². The highest BCUT2D eigenvalue weighted by atomic mass is 32.1. The average molecular weight is 489 g/mol. The van der Waals surface area contributed by atoms with Crippen LogP contribution in [0.3, 0.4) is 0 Å². The second-order valence-corrected chi connectivity index (χ2v) is 11.0. The number of hydrogen-bond acceptors (Lipinski definition) is 10. The predicted octanol–water partition coefficient (Wildman–Crippen LogP) is 3.72. The number of likely N-dealkylation sites (N-methyl/N-ethyl adjacent to an activating group) is 1. The number of fused-ring (bicyclic) bond motifs is 3. The van der Waals surface area contributed by atoms with E-state index in [1.165, 1.54) is 0 Å². The van der Waals surface area contributed by atoms with Gasteiger partial charge >= 0.3 is 0 Å². The van der Waals surface area contributed by atoms with E-state index in [1.54, 1.807) is 37.4 Å². The van der Waals surface area contributed by atoms with E-state index in [9.17, 15) is 5.11 Å². The van der Waals surface area contributed by atoms with E-state index < -0.39 is 5.60 Å². The molecule has 10 heteroatoms. The van der Waals surface area contributed by atoms with Gasteiger partial charge in [0.25, 0.3) is 0 Å². The first-order valence-electron chi connectivity index (χ1n) is 11.8. The molecule has 0 amide bonds. The molecule has 2 saturated heterocycles. The first kappa shape index (κ1) is 22.3. The van der Waals surface area contributed by atoms with E-state index in [4.69, 9.17) is 15.0 Å². The summed E-state index contributed by atoms with van der Waals surface area (Å²) in [6.45, 7) is 7.43. The molecule has 0 radical (unpaired) electrons. The van der Waals surface area contributed by atoms with Crippen LogP contribution in [0.5, 0.6) is 0 Å². The summed E-state index contributed by atoms with van der Waals surface area (Å²) in [5.74, 6) is 1.89. The molecule has 180 valence electrons. The Morgan fingerprint density at radius 2 is 1.94 bits per heavy atom. The van der Waals surface area contributed by atoms with Crippen molar-refractivity contribution in [1.82, 2.24) is 29.8 Å². The number of nitrogens with zero attached hydrogens (tertiary/aromatic N) is 7. The monoisotopic (exact) mass is 488 g/mol. The van der Waals surface area contributed by atoms with Crippen LogP contribution in [0.15, 0.2) is 36.7 Å². The first-order chi connectivity index (χ1) is 16.7. The molecule has 2 fully saturated rings. The number of nitrogens with one attached hydrogen (secondary N) is 1. The molecule has 9 nitrogen and oxygen atoms in total. The maximum absolute atomic E-state index is 10.7.